The van der Waals surface area contributed by atoms with E-state index in [4.69, 9.17) is 15.5 Å². The number of pyridine rings is 1. The number of hydrogen-bond acceptors (Lipinski definition) is 3. The van der Waals surface area contributed by atoms with Crippen molar-refractivity contribution in [1.29, 1.82) is 0 Å². The van der Waals surface area contributed by atoms with Crippen molar-refractivity contribution in [2.75, 3.05) is 5.73 Å². The Morgan fingerprint density at radius 3 is 2.73 bits per heavy atom. The van der Waals surface area contributed by atoms with Crippen molar-refractivity contribution < 1.29 is 4.74 Å². The monoisotopic (exact) mass is 298 g/mol. The van der Waals surface area contributed by atoms with Gasteiger partial charge in [-0.25, -0.2) is 0 Å². The van der Waals surface area contributed by atoms with Crippen molar-refractivity contribution in [2.45, 2.75) is 58.5 Å². The van der Waals surface area contributed by atoms with Gasteiger partial charge in [0.15, 0.2) is 0 Å². The van der Waals surface area contributed by atoms with Crippen molar-refractivity contribution in [1.82, 2.24) is 4.98 Å². The molecular formula is C19H26N2O. The number of nitrogen functional groups attached to an aromatic ring is 1. The first kappa shape index (κ1) is 15.1. The molecule has 0 aliphatic heterocycles. The molecule has 1 aliphatic carbocycles. The van der Waals surface area contributed by atoms with Gasteiger partial charge in [0.2, 0.25) is 0 Å². The minimum Gasteiger partial charge on any atom is -0.490 e. The normalized spacial score (nSPS) is 21.9. The first-order valence-corrected chi connectivity index (χ1v) is 8.52. The van der Waals surface area contributed by atoms with Crippen LogP contribution < -0.4 is 10.5 Å². The molecule has 0 amide bonds. The van der Waals surface area contributed by atoms with Crippen LogP contribution in [0.5, 0.6) is 5.75 Å². The van der Waals surface area contributed by atoms with Crippen molar-refractivity contribution in [3.63, 3.8) is 0 Å². The molecule has 1 aliphatic rings. The molecule has 2 N–H and O–H groups in total. The van der Waals surface area contributed by atoms with E-state index in [1.54, 1.807) is 0 Å². The number of rotatable bonds is 4. The lowest BCUT2D eigenvalue weighted by atomic mass is 9.89. The Balaban J connectivity index is 1.89. The van der Waals surface area contributed by atoms with Gasteiger partial charge in [0.25, 0.3) is 0 Å². The van der Waals surface area contributed by atoms with Gasteiger partial charge < -0.3 is 10.5 Å². The predicted molar refractivity (Wildman–Crippen MR) is 92.2 cm³/mol. The third kappa shape index (κ3) is 3.18. The van der Waals surface area contributed by atoms with E-state index >= 15 is 0 Å². The maximum atomic E-state index is 6.30. The summed E-state index contributed by atoms with van der Waals surface area (Å²) in [5.74, 6) is 1.72. The van der Waals surface area contributed by atoms with Crippen LogP contribution in [0.15, 0.2) is 24.3 Å². The van der Waals surface area contributed by atoms with Crippen LogP contribution in [0.2, 0.25) is 0 Å². The molecule has 22 heavy (non-hydrogen) atoms. The molecule has 3 heteroatoms. The number of ether oxygens (including phenoxy) is 1. The lowest BCUT2D eigenvalue weighted by Crippen LogP contribution is -2.23. The summed E-state index contributed by atoms with van der Waals surface area (Å²) < 4.78 is 6.28. The second-order valence-corrected chi connectivity index (χ2v) is 6.60. The number of hydrogen-bond donors (Lipinski definition) is 1. The third-order valence-electron chi connectivity index (χ3n) is 4.64. The molecule has 118 valence electrons. The highest BCUT2D eigenvalue weighted by Crippen LogP contribution is 2.34. The Morgan fingerprint density at radius 1 is 1.23 bits per heavy atom. The minimum absolute atomic E-state index is 0.316. The zero-order valence-electron chi connectivity index (χ0n) is 13.6. The lowest BCUT2D eigenvalue weighted by Gasteiger charge is -2.27. The van der Waals surface area contributed by atoms with E-state index in [0.717, 1.165) is 59.6 Å². The van der Waals surface area contributed by atoms with Gasteiger partial charge in [-0.3, -0.25) is 4.98 Å². The lowest BCUT2D eigenvalue weighted by molar-refractivity contribution is 0.137. The molecule has 1 saturated carbocycles. The molecule has 3 nitrogen and oxygen atoms in total. The maximum absolute atomic E-state index is 6.30. The zero-order valence-corrected chi connectivity index (χ0v) is 13.6. The molecule has 2 aromatic rings. The molecule has 0 saturated heterocycles. The highest BCUT2D eigenvalue weighted by molar-refractivity contribution is 5.95. The van der Waals surface area contributed by atoms with Crippen molar-refractivity contribution in [2.24, 2.45) is 5.92 Å². The Labute approximate surface area is 132 Å². The van der Waals surface area contributed by atoms with Crippen LogP contribution in [0.4, 0.5) is 5.69 Å². The summed E-state index contributed by atoms with van der Waals surface area (Å²) in [6.45, 7) is 4.48. The van der Waals surface area contributed by atoms with Crippen LogP contribution >= 0.6 is 0 Å². The smallest absolute Gasteiger partial charge is 0.131 e. The first-order valence-electron chi connectivity index (χ1n) is 8.52. The van der Waals surface area contributed by atoms with Crippen molar-refractivity contribution in [3.8, 4) is 5.75 Å². The number of nitrogens with zero attached hydrogens (tertiary/aromatic N) is 1. The maximum Gasteiger partial charge on any atom is 0.131 e. The number of nitrogens with two attached hydrogens (primary N) is 1. The number of aromatic nitrogens is 1. The van der Waals surface area contributed by atoms with Gasteiger partial charge in [0.1, 0.15) is 5.75 Å². The Morgan fingerprint density at radius 2 is 2.00 bits per heavy atom. The van der Waals surface area contributed by atoms with E-state index < -0.39 is 0 Å². The fourth-order valence-corrected chi connectivity index (χ4v) is 3.35. The van der Waals surface area contributed by atoms with E-state index in [1.165, 1.54) is 12.8 Å². The molecule has 0 spiro atoms. The summed E-state index contributed by atoms with van der Waals surface area (Å²) in [6.07, 6.45) is 7.14. The molecule has 0 bridgehead atoms. The first-order chi connectivity index (χ1) is 10.7. The quantitative estimate of drug-likeness (QED) is 0.888. The summed E-state index contributed by atoms with van der Waals surface area (Å²) >= 11 is 0. The Kier molecular flexibility index (Phi) is 4.51. The van der Waals surface area contributed by atoms with Crippen LogP contribution in [-0.4, -0.2) is 11.1 Å². The molecule has 0 atom stereocenters. The van der Waals surface area contributed by atoms with Gasteiger partial charge >= 0.3 is 0 Å². The van der Waals surface area contributed by atoms with Crippen LogP contribution in [0.1, 0.15) is 51.6 Å². The SMILES string of the molecule is CCCc1cc(N)c2c(OC3CCC(C)CC3)cccc2n1. The van der Waals surface area contributed by atoms with Crippen LogP contribution in [-0.2, 0) is 6.42 Å². The van der Waals surface area contributed by atoms with Crippen LogP contribution in [0.25, 0.3) is 10.9 Å². The highest BCUT2D eigenvalue weighted by Gasteiger charge is 2.20. The average Bonchev–Trinajstić information content (AvgIpc) is 2.50. The van der Waals surface area contributed by atoms with Gasteiger partial charge in [-0.2, -0.15) is 0 Å². The summed E-state index contributed by atoms with van der Waals surface area (Å²) in [7, 11) is 0. The fourth-order valence-electron chi connectivity index (χ4n) is 3.35. The summed E-state index contributed by atoms with van der Waals surface area (Å²) in [4.78, 5) is 4.73. The average molecular weight is 298 g/mol. The summed E-state index contributed by atoms with van der Waals surface area (Å²) in [5, 5.41) is 0.973. The molecular weight excluding hydrogens is 272 g/mol. The third-order valence-corrected chi connectivity index (χ3v) is 4.64. The summed E-state index contributed by atoms with van der Waals surface area (Å²) in [6, 6.07) is 8.07. The molecule has 1 fully saturated rings. The molecule has 3 rings (SSSR count). The Hall–Kier alpha value is -1.77. The molecule has 1 aromatic heterocycles. The molecule has 1 aromatic carbocycles. The van der Waals surface area contributed by atoms with Gasteiger partial charge in [-0.05, 0) is 56.2 Å². The predicted octanol–water partition coefficient (Wildman–Crippen LogP) is 4.73. The topological polar surface area (TPSA) is 48.1 Å². The van der Waals surface area contributed by atoms with Gasteiger partial charge in [0.05, 0.1) is 17.0 Å². The molecule has 0 radical (unpaired) electrons. The van der Waals surface area contributed by atoms with Crippen molar-refractivity contribution >= 4 is 16.6 Å². The van der Waals surface area contributed by atoms with Gasteiger partial charge in [-0.1, -0.05) is 26.3 Å². The van der Waals surface area contributed by atoms with E-state index in [0.29, 0.717) is 6.10 Å². The fraction of sp³-hybridized carbons (Fsp3) is 0.526. The van der Waals surface area contributed by atoms with Gasteiger partial charge in [0, 0.05) is 11.4 Å². The van der Waals surface area contributed by atoms with Crippen LogP contribution in [0.3, 0.4) is 0 Å². The van der Waals surface area contributed by atoms with E-state index in [2.05, 4.69) is 13.8 Å². The molecule has 0 unspecified atom stereocenters. The van der Waals surface area contributed by atoms with Crippen LogP contribution in [0, 0.1) is 5.92 Å². The van der Waals surface area contributed by atoms with Gasteiger partial charge in [-0.15, -0.1) is 0 Å². The number of benzene rings is 1. The largest absolute Gasteiger partial charge is 0.490 e. The second kappa shape index (κ2) is 6.55. The Bertz CT molecular complexity index is 645. The highest BCUT2D eigenvalue weighted by atomic mass is 16.5. The van der Waals surface area contributed by atoms with E-state index in [9.17, 15) is 0 Å². The van der Waals surface area contributed by atoms with E-state index in [1.807, 2.05) is 24.3 Å². The number of anilines is 1. The number of aryl methyl sites for hydroxylation is 1. The zero-order chi connectivity index (χ0) is 15.5. The molecule has 1 heterocycles. The standard InChI is InChI=1S/C19H26N2O/c1-3-5-14-12-16(20)19-17(21-14)6-4-7-18(19)22-15-10-8-13(2)9-11-15/h4,6-7,12-13,15H,3,5,8-11H2,1-2H3,(H2,20,21). The number of fused-ring (bicyclic) bond motifs is 1. The minimum atomic E-state index is 0.316. The summed E-state index contributed by atoms with van der Waals surface area (Å²) in [5.41, 5.74) is 9.10. The van der Waals surface area contributed by atoms with Crippen molar-refractivity contribution in [3.05, 3.63) is 30.0 Å². The second-order valence-electron chi connectivity index (χ2n) is 6.60. The van der Waals surface area contributed by atoms with E-state index in [-0.39, 0.29) is 0 Å².